The minimum atomic E-state index is -0.0333. The molecule has 1 aromatic heterocycles. The number of urea groups is 1. The van der Waals surface area contributed by atoms with Crippen molar-refractivity contribution in [2.24, 2.45) is 0 Å². The molecule has 2 aliphatic rings. The molecule has 0 radical (unpaired) electrons. The van der Waals surface area contributed by atoms with Crippen LogP contribution in [0.25, 0.3) is 11.4 Å². The van der Waals surface area contributed by atoms with Gasteiger partial charge >= 0.3 is 6.03 Å². The quantitative estimate of drug-likeness (QED) is 0.702. The summed E-state index contributed by atoms with van der Waals surface area (Å²) >= 11 is 0. The number of carbonyl (C=O) groups is 1. The van der Waals surface area contributed by atoms with E-state index in [1.165, 1.54) is 12.8 Å². The number of hydrogen-bond donors (Lipinski definition) is 1. The molecule has 2 amide bonds. The molecule has 0 bridgehead atoms. The summed E-state index contributed by atoms with van der Waals surface area (Å²) < 4.78 is 0. The Bertz CT molecular complexity index is 1050. The Labute approximate surface area is 182 Å². The van der Waals surface area contributed by atoms with Crippen LogP contribution in [0.2, 0.25) is 0 Å². The van der Waals surface area contributed by atoms with E-state index in [-0.39, 0.29) is 6.03 Å². The van der Waals surface area contributed by atoms with Crippen LogP contribution in [0.1, 0.15) is 29.7 Å². The van der Waals surface area contributed by atoms with Crippen molar-refractivity contribution in [3.63, 3.8) is 0 Å². The number of benzene rings is 2. The topological polar surface area (TPSA) is 61.4 Å². The highest BCUT2D eigenvalue weighted by Crippen LogP contribution is 2.31. The number of nitrogens with one attached hydrogen (secondary N) is 1. The molecule has 6 heteroatoms. The molecule has 1 fully saturated rings. The van der Waals surface area contributed by atoms with Gasteiger partial charge < -0.3 is 15.1 Å². The number of aromatic nitrogens is 2. The number of anilines is 1. The monoisotopic (exact) mass is 413 g/mol. The first-order chi connectivity index (χ1) is 15.3. The standard InChI is InChI=1S/C25H27N5O/c31-25(26-17-19-9-3-1-4-10-19)30-16-13-22-21(18-30)24(29-14-7-8-15-29)28-23(27-22)20-11-5-2-6-12-20/h1-6,9-12H,7-8,13-18H2,(H,26,31). The predicted molar refractivity (Wildman–Crippen MR) is 122 cm³/mol. The molecule has 0 aliphatic carbocycles. The first-order valence-corrected chi connectivity index (χ1v) is 11.0. The fraction of sp³-hybridized carbons (Fsp3) is 0.320. The maximum atomic E-state index is 12.9. The van der Waals surface area contributed by atoms with Gasteiger partial charge in [0.15, 0.2) is 5.82 Å². The largest absolute Gasteiger partial charge is 0.356 e. The van der Waals surface area contributed by atoms with E-state index in [2.05, 4.69) is 22.3 Å². The molecular weight excluding hydrogens is 386 g/mol. The maximum Gasteiger partial charge on any atom is 0.317 e. The fourth-order valence-corrected chi connectivity index (χ4v) is 4.36. The summed E-state index contributed by atoms with van der Waals surface area (Å²) in [5, 5.41) is 3.06. The fourth-order valence-electron chi connectivity index (χ4n) is 4.36. The molecule has 1 N–H and O–H groups in total. The predicted octanol–water partition coefficient (Wildman–Crippen LogP) is 4.01. The van der Waals surface area contributed by atoms with E-state index in [1.54, 1.807) is 0 Å². The second kappa shape index (κ2) is 8.76. The molecule has 2 aromatic carbocycles. The van der Waals surface area contributed by atoms with Crippen LogP contribution in [0.5, 0.6) is 0 Å². The summed E-state index contributed by atoms with van der Waals surface area (Å²) in [5.74, 6) is 1.78. The summed E-state index contributed by atoms with van der Waals surface area (Å²) in [6.45, 7) is 3.77. The summed E-state index contributed by atoms with van der Waals surface area (Å²) in [6.07, 6.45) is 3.11. The number of hydrogen-bond acceptors (Lipinski definition) is 4. The highest BCUT2D eigenvalue weighted by atomic mass is 16.2. The number of nitrogens with zero attached hydrogens (tertiary/aromatic N) is 4. The molecule has 6 nitrogen and oxygen atoms in total. The smallest absolute Gasteiger partial charge is 0.317 e. The summed E-state index contributed by atoms with van der Waals surface area (Å²) in [6, 6.07) is 20.1. The van der Waals surface area contributed by atoms with Crippen molar-refractivity contribution in [2.45, 2.75) is 32.4 Å². The van der Waals surface area contributed by atoms with Gasteiger partial charge in [0.05, 0.1) is 12.2 Å². The van der Waals surface area contributed by atoms with Crippen molar-refractivity contribution in [3.05, 3.63) is 77.5 Å². The van der Waals surface area contributed by atoms with Gasteiger partial charge in [-0.1, -0.05) is 60.7 Å². The van der Waals surface area contributed by atoms with Crippen molar-refractivity contribution in [3.8, 4) is 11.4 Å². The van der Waals surface area contributed by atoms with Crippen LogP contribution in [0.4, 0.5) is 10.6 Å². The Morgan fingerprint density at radius 3 is 2.35 bits per heavy atom. The third-order valence-corrected chi connectivity index (χ3v) is 6.05. The molecule has 3 aromatic rings. The lowest BCUT2D eigenvalue weighted by Gasteiger charge is -2.32. The van der Waals surface area contributed by atoms with Crippen molar-refractivity contribution < 1.29 is 4.79 Å². The van der Waals surface area contributed by atoms with Crippen LogP contribution in [0.3, 0.4) is 0 Å². The second-order valence-electron chi connectivity index (χ2n) is 8.17. The van der Waals surface area contributed by atoms with E-state index in [4.69, 9.17) is 9.97 Å². The van der Waals surface area contributed by atoms with Crippen LogP contribution in [0, 0.1) is 0 Å². The average Bonchev–Trinajstić information content (AvgIpc) is 3.37. The Morgan fingerprint density at radius 1 is 0.903 bits per heavy atom. The Kier molecular flexibility index (Phi) is 5.52. The van der Waals surface area contributed by atoms with Gasteiger partial charge in [-0.15, -0.1) is 0 Å². The van der Waals surface area contributed by atoms with E-state index in [0.29, 0.717) is 19.6 Å². The molecule has 158 valence electrons. The van der Waals surface area contributed by atoms with Gasteiger partial charge in [0, 0.05) is 43.7 Å². The minimum absolute atomic E-state index is 0.0333. The number of carbonyl (C=O) groups excluding carboxylic acids is 1. The van der Waals surface area contributed by atoms with Crippen molar-refractivity contribution >= 4 is 11.8 Å². The lowest BCUT2D eigenvalue weighted by Crippen LogP contribution is -2.43. The lowest BCUT2D eigenvalue weighted by atomic mass is 10.0. The van der Waals surface area contributed by atoms with Crippen molar-refractivity contribution in [1.29, 1.82) is 0 Å². The third-order valence-electron chi connectivity index (χ3n) is 6.05. The molecule has 0 unspecified atom stereocenters. The summed E-state index contributed by atoms with van der Waals surface area (Å²) in [4.78, 5) is 27.0. The second-order valence-corrected chi connectivity index (χ2v) is 8.17. The zero-order valence-electron chi connectivity index (χ0n) is 17.6. The van der Waals surface area contributed by atoms with Gasteiger partial charge in [-0.05, 0) is 18.4 Å². The number of rotatable bonds is 4. The molecule has 0 atom stereocenters. The lowest BCUT2D eigenvalue weighted by molar-refractivity contribution is 0.191. The Morgan fingerprint density at radius 2 is 1.61 bits per heavy atom. The van der Waals surface area contributed by atoms with E-state index in [1.807, 2.05) is 53.4 Å². The maximum absolute atomic E-state index is 12.9. The zero-order chi connectivity index (χ0) is 21.0. The van der Waals surface area contributed by atoms with Crippen LogP contribution in [-0.4, -0.2) is 40.5 Å². The van der Waals surface area contributed by atoms with Crippen LogP contribution in [-0.2, 0) is 19.5 Å². The Hall–Kier alpha value is -3.41. The van der Waals surface area contributed by atoms with Gasteiger partial charge in [0.2, 0.25) is 0 Å². The minimum Gasteiger partial charge on any atom is -0.356 e. The number of amides is 2. The molecule has 2 aliphatic heterocycles. The molecule has 1 saturated heterocycles. The summed E-state index contributed by atoms with van der Waals surface area (Å²) in [5.41, 5.74) is 4.31. The van der Waals surface area contributed by atoms with E-state index in [9.17, 15) is 4.79 Å². The van der Waals surface area contributed by atoms with Gasteiger partial charge in [-0.25, -0.2) is 14.8 Å². The number of fused-ring (bicyclic) bond motifs is 1. The molecule has 0 spiro atoms. The van der Waals surface area contributed by atoms with E-state index in [0.717, 1.165) is 53.5 Å². The highest BCUT2D eigenvalue weighted by Gasteiger charge is 2.28. The van der Waals surface area contributed by atoms with Gasteiger partial charge in [-0.2, -0.15) is 0 Å². The summed E-state index contributed by atoms with van der Waals surface area (Å²) in [7, 11) is 0. The third kappa shape index (κ3) is 4.24. The van der Waals surface area contributed by atoms with Crippen LogP contribution >= 0.6 is 0 Å². The highest BCUT2D eigenvalue weighted by molar-refractivity contribution is 5.75. The molecule has 5 rings (SSSR count). The molecule has 31 heavy (non-hydrogen) atoms. The van der Waals surface area contributed by atoms with E-state index < -0.39 is 0 Å². The average molecular weight is 414 g/mol. The zero-order valence-corrected chi connectivity index (χ0v) is 17.6. The Balaban J connectivity index is 1.40. The molecule has 0 saturated carbocycles. The first kappa shape index (κ1) is 19.5. The van der Waals surface area contributed by atoms with Gasteiger partial charge in [0.1, 0.15) is 5.82 Å². The van der Waals surface area contributed by atoms with E-state index >= 15 is 0 Å². The van der Waals surface area contributed by atoms with Crippen molar-refractivity contribution in [1.82, 2.24) is 20.2 Å². The molecule has 3 heterocycles. The van der Waals surface area contributed by atoms with Crippen molar-refractivity contribution in [2.75, 3.05) is 24.5 Å². The van der Waals surface area contributed by atoms with Crippen LogP contribution < -0.4 is 10.2 Å². The molecular formula is C25H27N5O. The SMILES string of the molecule is O=C(NCc1ccccc1)N1CCc2nc(-c3ccccc3)nc(N3CCCC3)c2C1. The first-order valence-electron chi connectivity index (χ1n) is 11.0. The van der Waals surface area contributed by atoms with Crippen LogP contribution in [0.15, 0.2) is 60.7 Å². The van der Waals surface area contributed by atoms with Gasteiger partial charge in [0.25, 0.3) is 0 Å². The van der Waals surface area contributed by atoms with Gasteiger partial charge in [-0.3, -0.25) is 0 Å². The normalized spacial score (nSPS) is 15.6.